The number of ether oxygens (including phenoxy) is 1. The Balaban J connectivity index is 2.01. The van der Waals surface area contributed by atoms with Crippen LogP contribution < -0.4 is 0 Å². The van der Waals surface area contributed by atoms with Crippen LogP contribution in [0.1, 0.15) is 20.7 Å². The highest BCUT2D eigenvalue weighted by Gasteiger charge is 2.14. The van der Waals surface area contributed by atoms with Crippen LogP contribution in [0.4, 0.5) is 0 Å². The Bertz CT molecular complexity index is 653. The van der Waals surface area contributed by atoms with Crippen molar-refractivity contribution in [2.75, 3.05) is 6.61 Å². The van der Waals surface area contributed by atoms with Crippen LogP contribution in [0.15, 0.2) is 57.5 Å². The van der Waals surface area contributed by atoms with E-state index in [2.05, 4.69) is 31.9 Å². The average molecular weight is 398 g/mol. The second kappa shape index (κ2) is 6.81. The summed E-state index contributed by atoms with van der Waals surface area (Å²) >= 11 is 6.56. The van der Waals surface area contributed by atoms with Gasteiger partial charge in [-0.15, -0.1) is 0 Å². The highest BCUT2D eigenvalue weighted by Crippen LogP contribution is 2.17. The van der Waals surface area contributed by atoms with Gasteiger partial charge in [-0.25, -0.2) is 4.79 Å². The van der Waals surface area contributed by atoms with Crippen molar-refractivity contribution in [3.63, 3.8) is 0 Å². The van der Waals surface area contributed by atoms with E-state index in [0.717, 1.165) is 4.47 Å². The molecule has 0 saturated carbocycles. The predicted molar refractivity (Wildman–Crippen MR) is 82.9 cm³/mol. The highest BCUT2D eigenvalue weighted by atomic mass is 79.9. The third-order valence-electron chi connectivity index (χ3n) is 2.57. The summed E-state index contributed by atoms with van der Waals surface area (Å²) in [6.07, 6.45) is 0. The summed E-state index contributed by atoms with van der Waals surface area (Å²) in [5.41, 5.74) is 0.897. The van der Waals surface area contributed by atoms with Gasteiger partial charge in [-0.1, -0.05) is 40.2 Å². The predicted octanol–water partition coefficient (Wildman–Crippen LogP) is 4.25. The van der Waals surface area contributed by atoms with Crippen molar-refractivity contribution in [2.24, 2.45) is 0 Å². The van der Waals surface area contributed by atoms with Crippen molar-refractivity contribution in [1.29, 1.82) is 0 Å². The Labute approximate surface area is 133 Å². The molecule has 0 N–H and O–H groups in total. The number of esters is 1. The molecule has 102 valence electrons. The number of carbonyl (C=O) groups is 2. The lowest BCUT2D eigenvalue weighted by atomic mass is 10.1. The molecule has 3 nitrogen and oxygen atoms in total. The third-order valence-corrected chi connectivity index (χ3v) is 3.76. The van der Waals surface area contributed by atoms with Crippen LogP contribution in [0.2, 0.25) is 0 Å². The molecule has 0 heterocycles. The molecule has 0 aliphatic heterocycles. The number of hydrogen-bond acceptors (Lipinski definition) is 3. The highest BCUT2D eigenvalue weighted by molar-refractivity contribution is 9.10. The molecule has 5 heteroatoms. The smallest absolute Gasteiger partial charge is 0.339 e. The minimum absolute atomic E-state index is 0.244. The number of ketones is 1. The van der Waals surface area contributed by atoms with Crippen molar-refractivity contribution in [2.45, 2.75) is 0 Å². The lowest BCUT2D eigenvalue weighted by molar-refractivity contribution is 0.0474. The van der Waals surface area contributed by atoms with Gasteiger partial charge in [-0.2, -0.15) is 0 Å². The molecule has 0 aliphatic rings. The number of Topliss-reactive ketones (excluding diaryl/α,β-unsaturated/α-hetero) is 1. The Hall–Kier alpha value is -1.46. The van der Waals surface area contributed by atoms with E-state index in [9.17, 15) is 9.59 Å². The second-order valence-electron chi connectivity index (χ2n) is 3.99. The number of benzene rings is 2. The quantitative estimate of drug-likeness (QED) is 0.572. The van der Waals surface area contributed by atoms with Gasteiger partial charge in [0.15, 0.2) is 12.4 Å². The van der Waals surface area contributed by atoms with Crippen LogP contribution in [0.3, 0.4) is 0 Å². The van der Waals surface area contributed by atoms with Crippen molar-refractivity contribution in [3.8, 4) is 0 Å². The molecule has 0 bridgehead atoms. The molecule has 0 radical (unpaired) electrons. The molecule has 0 fully saturated rings. The Morgan fingerprint density at radius 2 is 1.75 bits per heavy atom. The molecule has 20 heavy (non-hydrogen) atoms. The molecule has 2 rings (SSSR count). The van der Waals surface area contributed by atoms with Crippen LogP contribution in [0, 0.1) is 0 Å². The number of carbonyl (C=O) groups excluding carboxylic acids is 2. The van der Waals surface area contributed by atoms with Gasteiger partial charge < -0.3 is 4.74 Å². The molecule has 0 aromatic heterocycles. The number of halogens is 2. The normalized spacial score (nSPS) is 10.1. The fourth-order valence-electron chi connectivity index (χ4n) is 1.58. The van der Waals surface area contributed by atoms with Gasteiger partial charge in [0.25, 0.3) is 0 Å². The van der Waals surface area contributed by atoms with Gasteiger partial charge in [0, 0.05) is 14.5 Å². The van der Waals surface area contributed by atoms with E-state index in [4.69, 9.17) is 4.74 Å². The molecule has 0 atom stereocenters. The summed E-state index contributed by atoms with van der Waals surface area (Å²) in [5, 5.41) is 0. The van der Waals surface area contributed by atoms with E-state index >= 15 is 0 Å². The maximum Gasteiger partial charge on any atom is 0.339 e. The lowest BCUT2D eigenvalue weighted by Gasteiger charge is -2.06. The zero-order valence-corrected chi connectivity index (χ0v) is 13.5. The molecular formula is C15H10Br2O3. The molecule has 2 aromatic carbocycles. The van der Waals surface area contributed by atoms with Crippen molar-refractivity contribution in [3.05, 3.63) is 68.6 Å². The summed E-state index contributed by atoms with van der Waals surface area (Å²) in [4.78, 5) is 23.8. The number of rotatable bonds is 4. The molecule has 2 aromatic rings. The minimum Gasteiger partial charge on any atom is -0.454 e. The summed E-state index contributed by atoms with van der Waals surface area (Å²) < 4.78 is 6.48. The fourth-order valence-corrected chi connectivity index (χ4v) is 2.43. The van der Waals surface area contributed by atoms with Gasteiger partial charge >= 0.3 is 5.97 Å². The van der Waals surface area contributed by atoms with Gasteiger partial charge in [0.2, 0.25) is 0 Å². The zero-order valence-electron chi connectivity index (χ0n) is 10.3. The summed E-state index contributed by atoms with van der Waals surface area (Å²) in [6, 6.07) is 13.9. The lowest BCUT2D eigenvalue weighted by Crippen LogP contribution is -2.14. The van der Waals surface area contributed by atoms with Gasteiger partial charge in [-0.05, 0) is 40.2 Å². The molecular weight excluding hydrogens is 388 g/mol. The van der Waals surface area contributed by atoms with Crippen LogP contribution in [-0.4, -0.2) is 18.4 Å². The van der Waals surface area contributed by atoms with Crippen LogP contribution in [0.25, 0.3) is 0 Å². The molecule has 0 spiro atoms. The van der Waals surface area contributed by atoms with E-state index in [1.165, 1.54) is 0 Å². The van der Waals surface area contributed by atoms with E-state index in [1.807, 2.05) is 6.07 Å². The van der Waals surface area contributed by atoms with Crippen molar-refractivity contribution >= 4 is 43.6 Å². The SMILES string of the molecule is O=C(COC(=O)c1ccccc1Br)c1cccc(Br)c1. The van der Waals surface area contributed by atoms with Gasteiger partial charge in [0.1, 0.15) is 0 Å². The van der Waals surface area contributed by atoms with Crippen molar-refractivity contribution in [1.82, 2.24) is 0 Å². The monoisotopic (exact) mass is 396 g/mol. The zero-order chi connectivity index (χ0) is 14.5. The fraction of sp³-hybridized carbons (Fsp3) is 0.0667. The van der Waals surface area contributed by atoms with Gasteiger partial charge in [-0.3, -0.25) is 4.79 Å². The number of hydrogen-bond donors (Lipinski definition) is 0. The maximum absolute atomic E-state index is 11.9. The molecule has 0 amide bonds. The second-order valence-corrected chi connectivity index (χ2v) is 5.76. The first-order valence-electron chi connectivity index (χ1n) is 5.78. The van der Waals surface area contributed by atoms with Crippen LogP contribution in [-0.2, 0) is 4.74 Å². The third kappa shape index (κ3) is 3.77. The van der Waals surface area contributed by atoms with E-state index < -0.39 is 5.97 Å². The summed E-state index contributed by atoms with van der Waals surface area (Å²) in [7, 11) is 0. The standard InChI is InChI=1S/C15H10Br2O3/c16-11-5-3-4-10(8-11)14(18)9-20-15(19)12-6-1-2-7-13(12)17/h1-8H,9H2. The van der Waals surface area contributed by atoms with E-state index in [0.29, 0.717) is 15.6 Å². The summed E-state index contributed by atoms with van der Waals surface area (Å²) in [6.45, 7) is -0.281. The summed E-state index contributed by atoms with van der Waals surface area (Å²) in [5.74, 6) is -0.771. The molecule has 0 unspecified atom stereocenters. The van der Waals surface area contributed by atoms with Crippen LogP contribution >= 0.6 is 31.9 Å². The minimum atomic E-state index is -0.527. The molecule has 0 aliphatic carbocycles. The van der Waals surface area contributed by atoms with Crippen LogP contribution in [0.5, 0.6) is 0 Å². The Morgan fingerprint density at radius 1 is 1.00 bits per heavy atom. The Morgan fingerprint density at radius 3 is 2.45 bits per heavy atom. The van der Waals surface area contributed by atoms with Gasteiger partial charge in [0.05, 0.1) is 5.56 Å². The topological polar surface area (TPSA) is 43.4 Å². The first-order chi connectivity index (χ1) is 9.58. The van der Waals surface area contributed by atoms with E-state index in [1.54, 1.807) is 42.5 Å². The molecule has 0 saturated heterocycles. The van der Waals surface area contributed by atoms with E-state index in [-0.39, 0.29) is 12.4 Å². The Kier molecular flexibility index (Phi) is 5.09. The van der Waals surface area contributed by atoms with Crippen molar-refractivity contribution < 1.29 is 14.3 Å². The average Bonchev–Trinajstić information content (AvgIpc) is 2.45. The largest absolute Gasteiger partial charge is 0.454 e. The first kappa shape index (κ1) is 14.9. The maximum atomic E-state index is 11.9. The first-order valence-corrected chi connectivity index (χ1v) is 7.37.